The lowest BCUT2D eigenvalue weighted by Gasteiger charge is -2.32. The minimum Gasteiger partial charge on any atom is -0.497 e. The van der Waals surface area contributed by atoms with Gasteiger partial charge in [-0.1, -0.05) is 44.1 Å². The molecule has 1 N–H and O–H groups in total. The van der Waals surface area contributed by atoms with E-state index < -0.39 is 6.04 Å². The van der Waals surface area contributed by atoms with Gasteiger partial charge < -0.3 is 15.0 Å². The molecule has 3 aliphatic rings. The fourth-order valence-corrected chi connectivity index (χ4v) is 5.66. The monoisotopic (exact) mass is 495 g/mol. The van der Waals surface area contributed by atoms with Crippen molar-refractivity contribution in [3.8, 4) is 5.75 Å². The molecule has 1 heterocycles. The minimum absolute atomic E-state index is 0.00624. The molecule has 0 radical (unpaired) electrons. The molecule has 0 unspecified atom stereocenters. The molecule has 4 amide bonds. The highest BCUT2D eigenvalue weighted by atomic mass is 16.5. The third kappa shape index (κ3) is 5.63. The number of amides is 4. The van der Waals surface area contributed by atoms with E-state index in [0.717, 1.165) is 31.2 Å². The first-order valence-electron chi connectivity index (χ1n) is 13.2. The highest BCUT2D eigenvalue weighted by Crippen LogP contribution is 2.35. The minimum atomic E-state index is -0.628. The number of likely N-dealkylation sites (tertiary alicyclic amines) is 1. The molecule has 4 rings (SSSR count). The van der Waals surface area contributed by atoms with Crippen LogP contribution in [-0.2, 0) is 25.7 Å². The van der Waals surface area contributed by atoms with Crippen LogP contribution < -0.4 is 10.1 Å². The Morgan fingerprint density at radius 1 is 1.06 bits per heavy atom. The second kappa shape index (κ2) is 11.7. The number of benzene rings is 1. The largest absolute Gasteiger partial charge is 0.497 e. The van der Waals surface area contributed by atoms with E-state index in [1.165, 1.54) is 4.90 Å². The molecular weight excluding hydrogens is 458 g/mol. The van der Waals surface area contributed by atoms with Crippen molar-refractivity contribution >= 4 is 23.6 Å². The van der Waals surface area contributed by atoms with E-state index in [4.69, 9.17) is 4.74 Å². The topological polar surface area (TPSA) is 96.0 Å². The van der Waals surface area contributed by atoms with Crippen LogP contribution in [0, 0.1) is 11.8 Å². The Hall–Kier alpha value is -3.16. The number of hydrogen-bond donors (Lipinski definition) is 1. The number of rotatable bonds is 10. The van der Waals surface area contributed by atoms with Crippen molar-refractivity contribution in [2.75, 3.05) is 13.7 Å². The zero-order chi connectivity index (χ0) is 25.7. The van der Waals surface area contributed by atoms with Gasteiger partial charge in [-0.25, -0.2) is 0 Å². The first kappa shape index (κ1) is 25.9. The van der Waals surface area contributed by atoms with Gasteiger partial charge in [0.2, 0.25) is 23.6 Å². The third-order valence-electron chi connectivity index (χ3n) is 7.75. The molecule has 0 spiro atoms. The van der Waals surface area contributed by atoms with E-state index in [1.807, 2.05) is 43.3 Å². The molecule has 36 heavy (non-hydrogen) atoms. The average molecular weight is 496 g/mol. The van der Waals surface area contributed by atoms with Crippen LogP contribution in [-0.4, -0.2) is 59.2 Å². The Morgan fingerprint density at radius 2 is 1.67 bits per heavy atom. The third-order valence-corrected chi connectivity index (χ3v) is 7.75. The number of carbonyl (C=O) groups is 4. The summed E-state index contributed by atoms with van der Waals surface area (Å²) in [5.74, 6) is -0.666. The van der Waals surface area contributed by atoms with Crippen molar-refractivity contribution < 1.29 is 23.9 Å². The summed E-state index contributed by atoms with van der Waals surface area (Å²) < 4.78 is 5.24. The number of hydrogen-bond acceptors (Lipinski definition) is 5. The quantitative estimate of drug-likeness (QED) is 0.397. The zero-order valence-electron chi connectivity index (χ0n) is 21.3. The Kier molecular flexibility index (Phi) is 8.44. The number of nitrogens with zero attached hydrogens (tertiary/aromatic N) is 2. The van der Waals surface area contributed by atoms with Crippen molar-refractivity contribution in [1.29, 1.82) is 0 Å². The molecule has 2 fully saturated rings. The zero-order valence-corrected chi connectivity index (χ0v) is 21.3. The molecule has 1 aliphatic heterocycles. The van der Waals surface area contributed by atoms with Crippen LogP contribution in [0.15, 0.2) is 36.4 Å². The number of allylic oxidation sites excluding steroid dienone is 2. The summed E-state index contributed by atoms with van der Waals surface area (Å²) in [6.07, 6.45) is 9.64. The molecule has 8 nitrogen and oxygen atoms in total. The van der Waals surface area contributed by atoms with Gasteiger partial charge in [0, 0.05) is 25.6 Å². The van der Waals surface area contributed by atoms with Crippen molar-refractivity contribution in [3.63, 3.8) is 0 Å². The SMILES string of the molecule is CC[C@@H](C(=O)NC1CCCC1)N(Cc1ccc(OC)cc1)C(=O)CCN1C(=O)[C@H]2CC=CC[C@H]2C1=O. The maximum atomic E-state index is 13.6. The highest BCUT2D eigenvalue weighted by Gasteiger charge is 2.47. The first-order valence-corrected chi connectivity index (χ1v) is 13.2. The van der Waals surface area contributed by atoms with Crippen LogP contribution in [0.1, 0.15) is 63.9 Å². The van der Waals surface area contributed by atoms with E-state index >= 15 is 0 Å². The van der Waals surface area contributed by atoms with Crippen molar-refractivity contribution in [2.24, 2.45) is 11.8 Å². The molecule has 0 bridgehead atoms. The highest BCUT2D eigenvalue weighted by molar-refractivity contribution is 6.05. The predicted octanol–water partition coefficient (Wildman–Crippen LogP) is 3.20. The van der Waals surface area contributed by atoms with Crippen LogP contribution in [0.4, 0.5) is 0 Å². The first-order chi connectivity index (χ1) is 17.4. The molecule has 8 heteroatoms. The number of imide groups is 1. The number of ether oxygens (including phenoxy) is 1. The van der Waals surface area contributed by atoms with Crippen molar-refractivity contribution in [1.82, 2.24) is 15.1 Å². The van der Waals surface area contributed by atoms with E-state index in [-0.39, 0.29) is 61.0 Å². The summed E-state index contributed by atoms with van der Waals surface area (Å²) >= 11 is 0. The van der Waals surface area contributed by atoms with E-state index in [1.54, 1.807) is 12.0 Å². The Balaban J connectivity index is 1.48. The van der Waals surface area contributed by atoms with Gasteiger partial charge in [-0.05, 0) is 49.8 Å². The second-order valence-corrected chi connectivity index (χ2v) is 10.0. The number of methoxy groups -OCH3 is 1. The fraction of sp³-hybridized carbons (Fsp3) is 0.571. The number of fused-ring (bicyclic) bond motifs is 1. The van der Waals surface area contributed by atoms with Gasteiger partial charge in [-0.15, -0.1) is 0 Å². The van der Waals surface area contributed by atoms with Crippen LogP contribution in [0.5, 0.6) is 5.75 Å². The lowest BCUT2D eigenvalue weighted by Crippen LogP contribution is -2.51. The molecule has 1 saturated heterocycles. The molecule has 2 aliphatic carbocycles. The molecule has 1 aromatic rings. The molecule has 0 aromatic heterocycles. The van der Waals surface area contributed by atoms with E-state index in [2.05, 4.69) is 5.32 Å². The van der Waals surface area contributed by atoms with E-state index in [0.29, 0.717) is 25.0 Å². The van der Waals surface area contributed by atoms with Gasteiger partial charge in [0.25, 0.3) is 0 Å². The molecule has 1 aromatic carbocycles. The summed E-state index contributed by atoms with van der Waals surface area (Å²) in [6, 6.07) is 6.94. The molecule has 194 valence electrons. The molecule has 3 atom stereocenters. The van der Waals surface area contributed by atoms with Gasteiger partial charge in [-0.2, -0.15) is 0 Å². The number of nitrogens with one attached hydrogen (secondary N) is 1. The Morgan fingerprint density at radius 3 is 2.22 bits per heavy atom. The summed E-state index contributed by atoms with van der Waals surface area (Å²) in [4.78, 5) is 55.4. The molecular formula is C28H37N3O5. The Bertz CT molecular complexity index is 973. The lowest BCUT2D eigenvalue weighted by atomic mass is 9.85. The van der Waals surface area contributed by atoms with Gasteiger partial charge in [0.05, 0.1) is 18.9 Å². The fourth-order valence-electron chi connectivity index (χ4n) is 5.66. The van der Waals surface area contributed by atoms with Crippen LogP contribution in [0.3, 0.4) is 0 Å². The smallest absolute Gasteiger partial charge is 0.243 e. The van der Waals surface area contributed by atoms with Crippen molar-refractivity contribution in [2.45, 2.75) is 76.9 Å². The number of carbonyl (C=O) groups excluding carboxylic acids is 4. The van der Waals surface area contributed by atoms with Gasteiger partial charge in [-0.3, -0.25) is 24.1 Å². The van der Waals surface area contributed by atoms with Gasteiger partial charge in [0.15, 0.2) is 0 Å². The second-order valence-electron chi connectivity index (χ2n) is 10.0. The molecule has 1 saturated carbocycles. The van der Waals surface area contributed by atoms with Crippen molar-refractivity contribution in [3.05, 3.63) is 42.0 Å². The summed E-state index contributed by atoms with van der Waals surface area (Å²) in [5.41, 5.74) is 0.877. The van der Waals surface area contributed by atoms with Crippen LogP contribution in [0.2, 0.25) is 0 Å². The predicted molar refractivity (Wildman–Crippen MR) is 135 cm³/mol. The standard InChI is InChI=1S/C28H37N3O5/c1-3-24(26(33)29-20-8-4-5-9-20)31(18-19-12-14-21(36-2)15-13-19)25(32)16-17-30-27(34)22-10-6-7-11-23(22)28(30)35/h6-7,12-15,20,22-24H,3-5,8-11,16-18H2,1-2H3,(H,29,33)/t22-,23+,24-/m0/s1. The summed E-state index contributed by atoms with van der Waals surface area (Å²) in [6.45, 7) is 2.21. The lowest BCUT2D eigenvalue weighted by molar-refractivity contribution is -0.144. The van der Waals surface area contributed by atoms with Crippen LogP contribution in [0.25, 0.3) is 0 Å². The summed E-state index contributed by atoms with van der Waals surface area (Å²) in [5, 5.41) is 3.14. The Labute approximate surface area is 213 Å². The summed E-state index contributed by atoms with van der Waals surface area (Å²) in [7, 11) is 1.60. The van der Waals surface area contributed by atoms with Gasteiger partial charge >= 0.3 is 0 Å². The van der Waals surface area contributed by atoms with Crippen LogP contribution >= 0.6 is 0 Å². The van der Waals surface area contributed by atoms with E-state index in [9.17, 15) is 19.2 Å². The van der Waals surface area contributed by atoms with Gasteiger partial charge in [0.1, 0.15) is 11.8 Å². The maximum absolute atomic E-state index is 13.6. The maximum Gasteiger partial charge on any atom is 0.243 e. The average Bonchev–Trinajstić information content (AvgIpc) is 3.49. The normalized spacial score (nSPS) is 22.4.